The fourth-order valence-corrected chi connectivity index (χ4v) is 1.39. The van der Waals surface area contributed by atoms with E-state index < -0.39 is 24.2 Å². The van der Waals surface area contributed by atoms with Crippen LogP contribution in [-0.2, 0) is 0 Å². The Morgan fingerprint density at radius 3 is 2.53 bits per heavy atom. The summed E-state index contributed by atoms with van der Waals surface area (Å²) >= 11 is 0. The second-order valence-corrected chi connectivity index (χ2v) is 3.73. The van der Waals surface area contributed by atoms with Crippen molar-refractivity contribution in [2.75, 3.05) is 0 Å². The van der Waals surface area contributed by atoms with E-state index in [0.29, 0.717) is 0 Å². The largest absolute Gasteiger partial charge is 0.389 e. The number of carbonyl (C=O) groups excluding carboxylic acids is 1. The molecule has 0 spiro atoms. The standard InChI is InChI=1S/C8H12F3N3O/c1-7(3-2-4-8(9,10)11)5(12)13-6(15)14-7/h2-4H2,1H3,(H3,12,13,14,15). The van der Waals surface area contributed by atoms with Gasteiger partial charge in [0.05, 0.1) is 5.54 Å². The van der Waals surface area contributed by atoms with E-state index in [4.69, 9.17) is 5.73 Å². The lowest BCUT2D eigenvalue weighted by atomic mass is 9.94. The fourth-order valence-electron chi connectivity index (χ4n) is 1.39. The lowest BCUT2D eigenvalue weighted by molar-refractivity contribution is -0.135. The van der Waals surface area contributed by atoms with Gasteiger partial charge in [0.15, 0.2) is 0 Å². The highest BCUT2D eigenvalue weighted by Gasteiger charge is 2.37. The molecule has 0 aromatic heterocycles. The molecule has 1 aliphatic heterocycles. The van der Waals surface area contributed by atoms with Crippen LogP contribution in [0.25, 0.3) is 0 Å². The summed E-state index contributed by atoms with van der Waals surface area (Å²) in [6.07, 6.45) is -5.01. The van der Waals surface area contributed by atoms with Crippen molar-refractivity contribution in [1.82, 2.24) is 5.32 Å². The molecule has 2 amide bonds. The van der Waals surface area contributed by atoms with Gasteiger partial charge in [-0.1, -0.05) is 0 Å². The van der Waals surface area contributed by atoms with Crippen LogP contribution in [0.5, 0.6) is 0 Å². The molecule has 0 saturated carbocycles. The van der Waals surface area contributed by atoms with E-state index in [2.05, 4.69) is 10.3 Å². The van der Waals surface area contributed by atoms with Gasteiger partial charge in [-0.2, -0.15) is 18.2 Å². The molecule has 0 bridgehead atoms. The van der Waals surface area contributed by atoms with E-state index in [1.165, 1.54) is 0 Å². The van der Waals surface area contributed by atoms with E-state index in [9.17, 15) is 18.0 Å². The van der Waals surface area contributed by atoms with Crippen molar-refractivity contribution in [3.05, 3.63) is 0 Å². The number of aliphatic imine (C=N–C) groups is 1. The molecular formula is C8H12F3N3O. The van der Waals surface area contributed by atoms with Gasteiger partial charge in [-0.3, -0.25) is 0 Å². The molecule has 15 heavy (non-hydrogen) atoms. The van der Waals surface area contributed by atoms with Gasteiger partial charge in [0.1, 0.15) is 5.84 Å². The number of halogens is 3. The van der Waals surface area contributed by atoms with Crippen LogP contribution in [0, 0.1) is 0 Å². The zero-order valence-electron chi connectivity index (χ0n) is 8.19. The molecule has 0 fully saturated rings. The Kier molecular flexibility index (Phi) is 2.92. The first kappa shape index (κ1) is 11.8. The summed E-state index contributed by atoms with van der Waals surface area (Å²) < 4.78 is 35.6. The molecule has 0 aromatic rings. The number of nitrogens with two attached hydrogens (primary N) is 1. The highest BCUT2D eigenvalue weighted by molar-refractivity contribution is 6.05. The van der Waals surface area contributed by atoms with Crippen molar-refractivity contribution in [2.24, 2.45) is 10.7 Å². The molecule has 7 heteroatoms. The van der Waals surface area contributed by atoms with Gasteiger partial charge < -0.3 is 11.1 Å². The first-order valence-corrected chi connectivity index (χ1v) is 4.46. The lowest BCUT2D eigenvalue weighted by Gasteiger charge is -2.23. The normalized spacial score (nSPS) is 26.4. The Bertz CT molecular complexity index is 300. The number of urea groups is 1. The van der Waals surface area contributed by atoms with Crippen LogP contribution < -0.4 is 11.1 Å². The molecule has 1 unspecified atom stereocenters. The molecule has 86 valence electrons. The zero-order valence-corrected chi connectivity index (χ0v) is 8.19. The summed E-state index contributed by atoms with van der Waals surface area (Å²) in [5.41, 5.74) is 4.51. The van der Waals surface area contributed by atoms with E-state index in [1.54, 1.807) is 6.92 Å². The predicted molar refractivity (Wildman–Crippen MR) is 48.5 cm³/mol. The van der Waals surface area contributed by atoms with E-state index in [-0.39, 0.29) is 18.7 Å². The van der Waals surface area contributed by atoms with Crippen LogP contribution in [-0.4, -0.2) is 23.6 Å². The second-order valence-electron chi connectivity index (χ2n) is 3.73. The molecule has 1 rings (SSSR count). The average Bonchev–Trinajstić information content (AvgIpc) is 2.23. The van der Waals surface area contributed by atoms with Crippen molar-refractivity contribution in [2.45, 2.75) is 37.9 Å². The van der Waals surface area contributed by atoms with E-state index in [1.807, 2.05) is 0 Å². The number of amides is 2. The maximum Gasteiger partial charge on any atom is 0.389 e. The minimum atomic E-state index is -4.18. The van der Waals surface area contributed by atoms with Gasteiger partial charge in [0.25, 0.3) is 0 Å². The SMILES string of the molecule is CC1(CCCC(F)(F)F)NC(=O)N=C1N. The number of nitrogens with zero attached hydrogens (tertiary/aromatic N) is 1. The first-order valence-electron chi connectivity index (χ1n) is 4.46. The van der Waals surface area contributed by atoms with Crippen molar-refractivity contribution >= 4 is 11.9 Å². The number of amidine groups is 1. The van der Waals surface area contributed by atoms with Crippen LogP contribution >= 0.6 is 0 Å². The summed E-state index contributed by atoms with van der Waals surface area (Å²) in [5.74, 6) is 0.0506. The van der Waals surface area contributed by atoms with Crippen LogP contribution in [0.4, 0.5) is 18.0 Å². The van der Waals surface area contributed by atoms with Crippen molar-refractivity contribution in [3.63, 3.8) is 0 Å². The fraction of sp³-hybridized carbons (Fsp3) is 0.750. The summed E-state index contributed by atoms with van der Waals surface area (Å²) in [6, 6.07) is -0.595. The van der Waals surface area contributed by atoms with Crippen LogP contribution in [0.3, 0.4) is 0 Å². The molecule has 1 heterocycles. The predicted octanol–water partition coefficient (Wildman–Crippen LogP) is 1.56. The molecular weight excluding hydrogens is 211 g/mol. The van der Waals surface area contributed by atoms with Gasteiger partial charge in [-0.05, 0) is 19.8 Å². The summed E-state index contributed by atoms with van der Waals surface area (Å²) in [6.45, 7) is 1.56. The summed E-state index contributed by atoms with van der Waals surface area (Å²) in [5, 5.41) is 2.43. The molecule has 0 radical (unpaired) electrons. The van der Waals surface area contributed by atoms with Gasteiger partial charge in [0, 0.05) is 6.42 Å². The Morgan fingerprint density at radius 2 is 2.13 bits per heavy atom. The van der Waals surface area contributed by atoms with Crippen molar-refractivity contribution in [1.29, 1.82) is 0 Å². The molecule has 4 nitrogen and oxygen atoms in total. The first-order chi connectivity index (χ1) is 6.73. The second kappa shape index (κ2) is 3.71. The third-order valence-electron chi connectivity index (χ3n) is 2.31. The van der Waals surface area contributed by atoms with Gasteiger partial charge in [-0.25, -0.2) is 4.79 Å². The number of nitrogens with one attached hydrogen (secondary N) is 1. The average molecular weight is 223 g/mol. The van der Waals surface area contributed by atoms with E-state index >= 15 is 0 Å². The summed E-state index contributed by atoms with van der Waals surface area (Å²) in [4.78, 5) is 14.2. The van der Waals surface area contributed by atoms with Gasteiger partial charge >= 0.3 is 12.2 Å². The number of rotatable bonds is 3. The maximum absolute atomic E-state index is 11.9. The highest BCUT2D eigenvalue weighted by Crippen LogP contribution is 2.26. The Morgan fingerprint density at radius 1 is 1.53 bits per heavy atom. The minimum Gasteiger partial charge on any atom is -0.385 e. The monoisotopic (exact) mass is 223 g/mol. The number of hydrogen-bond donors (Lipinski definition) is 2. The molecule has 0 aliphatic carbocycles. The van der Waals surface area contributed by atoms with Crippen LogP contribution in [0.1, 0.15) is 26.2 Å². The molecule has 0 saturated heterocycles. The molecule has 1 atom stereocenters. The summed E-state index contributed by atoms with van der Waals surface area (Å²) in [7, 11) is 0. The number of hydrogen-bond acceptors (Lipinski definition) is 2. The van der Waals surface area contributed by atoms with Crippen molar-refractivity contribution in [3.8, 4) is 0 Å². The molecule has 0 aromatic carbocycles. The zero-order chi connectivity index (χ0) is 11.7. The minimum absolute atomic E-state index is 0.0506. The Labute approximate surface area is 84.7 Å². The van der Waals surface area contributed by atoms with Crippen LogP contribution in [0.15, 0.2) is 4.99 Å². The van der Waals surface area contributed by atoms with Crippen LogP contribution in [0.2, 0.25) is 0 Å². The topological polar surface area (TPSA) is 67.5 Å². The smallest absolute Gasteiger partial charge is 0.385 e. The third-order valence-corrected chi connectivity index (χ3v) is 2.31. The number of alkyl halides is 3. The van der Waals surface area contributed by atoms with Gasteiger partial charge in [-0.15, -0.1) is 0 Å². The quantitative estimate of drug-likeness (QED) is 0.762. The Balaban J connectivity index is 2.46. The number of carbonyl (C=O) groups is 1. The molecule has 1 aliphatic rings. The van der Waals surface area contributed by atoms with Crippen molar-refractivity contribution < 1.29 is 18.0 Å². The van der Waals surface area contributed by atoms with E-state index in [0.717, 1.165) is 0 Å². The lowest BCUT2D eigenvalue weighted by Crippen LogP contribution is -2.49. The molecule has 3 N–H and O–H groups in total. The Hall–Kier alpha value is -1.27. The highest BCUT2D eigenvalue weighted by atomic mass is 19.4. The van der Waals surface area contributed by atoms with Gasteiger partial charge in [0.2, 0.25) is 0 Å². The maximum atomic E-state index is 11.9. The third kappa shape index (κ3) is 3.10.